The third kappa shape index (κ3) is 8.86. The van der Waals surface area contributed by atoms with Crippen molar-refractivity contribution in [2.45, 2.75) is 39.3 Å². The zero-order chi connectivity index (χ0) is 15.7. The smallest absolute Gasteiger partial charge is 0.0230 e. The van der Waals surface area contributed by atoms with Crippen LogP contribution in [0.5, 0.6) is 0 Å². The highest BCUT2D eigenvalue weighted by Gasteiger charge is 2.01. The zero-order valence-electron chi connectivity index (χ0n) is 14.5. The fraction of sp³-hybridized carbons (Fsp3) is 0.667. The van der Waals surface area contributed by atoms with Crippen LogP contribution in [0.15, 0.2) is 24.3 Å². The molecule has 1 aromatic rings. The number of hydrogen-bond donors (Lipinski definition) is 1. The maximum atomic E-state index is 3.46. The highest BCUT2D eigenvalue weighted by Crippen LogP contribution is 2.07. The van der Waals surface area contributed by atoms with E-state index in [4.69, 9.17) is 0 Å². The molecule has 0 saturated heterocycles. The Morgan fingerprint density at radius 3 is 2.14 bits per heavy atom. The van der Waals surface area contributed by atoms with Crippen LogP contribution in [0, 0.1) is 0 Å². The summed E-state index contributed by atoms with van der Waals surface area (Å²) in [5, 5.41) is 3.46. The van der Waals surface area contributed by atoms with Crippen LogP contribution in [0.3, 0.4) is 0 Å². The van der Waals surface area contributed by atoms with Crippen LogP contribution < -0.4 is 5.32 Å². The quantitative estimate of drug-likeness (QED) is 0.715. The van der Waals surface area contributed by atoms with Gasteiger partial charge >= 0.3 is 0 Å². The van der Waals surface area contributed by atoms with E-state index >= 15 is 0 Å². The topological polar surface area (TPSA) is 18.5 Å². The highest BCUT2D eigenvalue weighted by molar-refractivity contribution is 5.22. The first kappa shape index (κ1) is 18.1. The van der Waals surface area contributed by atoms with E-state index in [0.717, 1.165) is 32.6 Å². The molecule has 3 nitrogen and oxygen atoms in total. The summed E-state index contributed by atoms with van der Waals surface area (Å²) in [7, 11) is 6.47. The zero-order valence-corrected chi connectivity index (χ0v) is 14.5. The normalized spacial score (nSPS) is 11.8. The lowest BCUT2D eigenvalue weighted by Gasteiger charge is -2.18. The van der Waals surface area contributed by atoms with E-state index in [0.29, 0.717) is 6.04 Å². The number of nitrogens with one attached hydrogen (secondary N) is 1. The first-order valence-corrected chi connectivity index (χ1v) is 8.12. The van der Waals surface area contributed by atoms with Gasteiger partial charge in [0.1, 0.15) is 0 Å². The molecule has 0 aliphatic heterocycles. The average molecular weight is 291 g/mol. The summed E-state index contributed by atoms with van der Waals surface area (Å²) in [5.41, 5.74) is 2.82. The Morgan fingerprint density at radius 1 is 0.952 bits per heavy atom. The maximum Gasteiger partial charge on any atom is 0.0230 e. The Bertz CT molecular complexity index is 371. The molecule has 1 aromatic carbocycles. The standard InChI is InChI=1S/C18H33N3/c1-16(2)19-12-11-17-7-9-18(10-8-17)15-21(5)14-6-13-20(3)4/h7-10,16,19H,6,11-15H2,1-5H3. The maximum absolute atomic E-state index is 3.46. The van der Waals surface area contributed by atoms with Gasteiger partial charge in [0.2, 0.25) is 0 Å². The molecular formula is C18H33N3. The van der Waals surface area contributed by atoms with Gasteiger partial charge in [0.05, 0.1) is 0 Å². The van der Waals surface area contributed by atoms with Gasteiger partial charge in [0.25, 0.3) is 0 Å². The first-order chi connectivity index (χ1) is 9.97. The lowest BCUT2D eigenvalue weighted by atomic mass is 10.1. The monoisotopic (exact) mass is 291 g/mol. The van der Waals surface area contributed by atoms with Crippen molar-refractivity contribution in [3.05, 3.63) is 35.4 Å². The van der Waals surface area contributed by atoms with E-state index in [1.807, 2.05) is 0 Å². The fourth-order valence-electron chi connectivity index (χ4n) is 2.36. The molecule has 3 heteroatoms. The van der Waals surface area contributed by atoms with E-state index in [1.165, 1.54) is 17.5 Å². The summed E-state index contributed by atoms with van der Waals surface area (Å²) in [5.74, 6) is 0. The molecule has 120 valence electrons. The van der Waals surface area contributed by atoms with Gasteiger partial charge < -0.3 is 15.1 Å². The minimum atomic E-state index is 0.570. The Labute approximate surface area is 131 Å². The molecule has 0 aromatic heterocycles. The summed E-state index contributed by atoms with van der Waals surface area (Å²) in [6, 6.07) is 9.65. The Balaban J connectivity index is 2.29. The molecule has 0 unspecified atom stereocenters. The molecule has 0 aliphatic rings. The summed E-state index contributed by atoms with van der Waals surface area (Å²) < 4.78 is 0. The van der Waals surface area contributed by atoms with Crippen LogP contribution in [-0.2, 0) is 13.0 Å². The van der Waals surface area contributed by atoms with Gasteiger partial charge in [-0.25, -0.2) is 0 Å². The van der Waals surface area contributed by atoms with Crippen molar-refractivity contribution < 1.29 is 0 Å². The Kier molecular flexibility index (Phi) is 8.58. The van der Waals surface area contributed by atoms with Crippen molar-refractivity contribution in [1.82, 2.24) is 15.1 Å². The molecule has 1 rings (SSSR count). The molecule has 0 fully saturated rings. The van der Waals surface area contributed by atoms with Crippen molar-refractivity contribution in [2.24, 2.45) is 0 Å². The van der Waals surface area contributed by atoms with Gasteiger partial charge in [-0.2, -0.15) is 0 Å². The van der Waals surface area contributed by atoms with Gasteiger partial charge in [-0.3, -0.25) is 0 Å². The lowest BCUT2D eigenvalue weighted by molar-refractivity contribution is 0.294. The van der Waals surface area contributed by atoms with Gasteiger partial charge in [-0.1, -0.05) is 38.1 Å². The fourth-order valence-corrected chi connectivity index (χ4v) is 2.36. The Hall–Kier alpha value is -0.900. The molecule has 0 aliphatic carbocycles. The number of nitrogens with zero attached hydrogens (tertiary/aromatic N) is 2. The molecule has 0 atom stereocenters. The largest absolute Gasteiger partial charge is 0.314 e. The van der Waals surface area contributed by atoms with E-state index in [1.54, 1.807) is 0 Å². The molecule has 0 amide bonds. The van der Waals surface area contributed by atoms with E-state index < -0.39 is 0 Å². The van der Waals surface area contributed by atoms with Crippen molar-refractivity contribution in [3.8, 4) is 0 Å². The number of hydrogen-bond acceptors (Lipinski definition) is 3. The van der Waals surface area contributed by atoms with Gasteiger partial charge in [-0.15, -0.1) is 0 Å². The summed E-state index contributed by atoms with van der Waals surface area (Å²) in [6.07, 6.45) is 2.33. The highest BCUT2D eigenvalue weighted by atomic mass is 15.1. The summed E-state index contributed by atoms with van der Waals surface area (Å²) >= 11 is 0. The third-order valence-corrected chi connectivity index (χ3v) is 3.59. The van der Waals surface area contributed by atoms with Crippen LogP contribution in [0.25, 0.3) is 0 Å². The van der Waals surface area contributed by atoms with Crippen LogP contribution in [0.4, 0.5) is 0 Å². The van der Waals surface area contributed by atoms with Crippen LogP contribution in [0.1, 0.15) is 31.4 Å². The van der Waals surface area contributed by atoms with Crippen molar-refractivity contribution in [3.63, 3.8) is 0 Å². The number of rotatable bonds is 10. The number of benzene rings is 1. The summed E-state index contributed by atoms with van der Waals surface area (Å²) in [4.78, 5) is 4.65. The molecule has 1 N–H and O–H groups in total. The average Bonchev–Trinajstić information content (AvgIpc) is 2.40. The summed E-state index contributed by atoms with van der Waals surface area (Å²) in [6.45, 7) is 8.79. The second kappa shape index (κ2) is 9.93. The Morgan fingerprint density at radius 2 is 1.57 bits per heavy atom. The lowest BCUT2D eigenvalue weighted by Crippen LogP contribution is -2.25. The van der Waals surface area contributed by atoms with E-state index in [9.17, 15) is 0 Å². The minimum absolute atomic E-state index is 0.570. The van der Waals surface area contributed by atoms with Crippen molar-refractivity contribution in [1.29, 1.82) is 0 Å². The molecule has 21 heavy (non-hydrogen) atoms. The van der Waals surface area contributed by atoms with Crippen molar-refractivity contribution in [2.75, 3.05) is 40.8 Å². The van der Waals surface area contributed by atoms with Gasteiger partial charge in [-0.05, 0) is 64.7 Å². The SMILES string of the molecule is CC(C)NCCc1ccc(CN(C)CCCN(C)C)cc1. The minimum Gasteiger partial charge on any atom is -0.314 e. The molecular weight excluding hydrogens is 258 g/mol. The van der Waals surface area contributed by atoms with Crippen molar-refractivity contribution >= 4 is 0 Å². The third-order valence-electron chi connectivity index (χ3n) is 3.59. The van der Waals surface area contributed by atoms with E-state index in [2.05, 4.69) is 74.4 Å². The van der Waals surface area contributed by atoms with Gasteiger partial charge in [0, 0.05) is 12.6 Å². The van der Waals surface area contributed by atoms with Gasteiger partial charge in [0.15, 0.2) is 0 Å². The van der Waals surface area contributed by atoms with Crippen LogP contribution in [-0.4, -0.2) is 56.6 Å². The first-order valence-electron chi connectivity index (χ1n) is 8.12. The van der Waals surface area contributed by atoms with Crippen LogP contribution >= 0.6 is 0 Å². The molecule has 0 spiro atoms. The second-order valence-electron chi connectivity index (χ2n) is 6.57. The second-order valence-corrected chi connectivity index (χ2v) is 6.57. The molecule has 0 radical (unpaired) electrons. The van der Waals surface area contributed by atoms with E-state index in [-0.39, 0.29) is 0 Å². The predicted molar refractivity (Wildman–Crippen MR) is 92.8 cm³/mol. The predicted octanol–water partition coefficient (Wildman–Crippen LogP) is 2.61. The van der Waals surface area contributed by atoms with Crippen LogP contribution in [0.2, 0.25) is 0 Å². The molecule has 0 bridgehead atoms. The molecule has 0 heterocycles. The molecule has 0 saturated carbocycles.